The quantitative estimate of drug-likeness (QED) is 0.341. The number of nitrogens with zero attached hydrogens (tertiary/aromatic N) is 2. The van der Waals surface area contributed by atoms with Crippen molar-refractivity contribution in [3.05, 3.63) is 80.1 Å². The van der Waals surface area contributed by atoms with Crippen LogP contribution in [0.1, 0.15) is 11.1 Å². The van der Waals surface area contributed by atoms with Gasteiger partial charge in [-0.1, -0.05) is 0 Å². The Morgan fingerprint density at radius 1 is 0.636 bits per heavy atom. The summed E-state index contributed by atoms with van der Waals surface area (Å²) in [6.07, 6.45) is 7.15. The number of aryl methyl sites for hydroxylation is 2. The second-order valence-corrected chi connectivity index (χ2v) is 3.05. The van der Waals surface area contributed by atoms with Crippen molar-refractivity contribution in [2.75, 3.05) is 0 Å². The largest absolute Gasteiger partial charge is 0 e. The predicted octanol–water partition coefficient (Wildman–Crippen LogP) is -0.331. The molecule has 0 amide bonds. The Morgan fingerprint density at radius 2 is 0.818 bits per heavy atom. The summed E-state index contributed by atoms with van der Waals surface area (Å²) < 4.78 is 22.5. The molecule has 2 aromatic heterocycles. The summed E-state index contributed by atoms with van der Waals surface area (Å²) >= 11 is 0. The van der Waals surface area contributed by atoms with E-state index >= 15 is 0 Å². The zero-order chi connectivity index (χ0) is 16.2. The summed E-state index contributed by atoms with van der Waals surface area (Å²) in [5, 5.41) is 0. The van der Waals surface area contributed by atoms with Crippen molar-refractivity contribution in [1.82, 2.24) is 9.97 Å². The SMILES string of the molecule is Cc1ccncc1.Cc1ccncc1.[Br-].[C-]#[O+].[C-]#[O+].[C-]#[O+].[Re]. The minimum atomic E-state index is 0. The molecule has 0 aliphatic carbocycles. The first-order valence-corrected chi connectivity index (χ1v) is 5.13. The molecule has 0 aliphatic rings. The second-order valence-electron chi connectivity index (χ2n) is 3.05. The summed E-state index contributed by atoms with van der Waals surface area (Å²) in [5.74, 6) is 0. The molecule has 117 valence electrons. The second kappa shape index (κ2) is 31.9. The van der Waals surface area contributed by atoms with Crippen molar-refractivity contribution in [2.45, 2.75) is 13.8 Å². The molecule has 0 fully saturated rings. The first-order chi connectivity index (χ1) is 9.79. The molecule has 0 saturated heterocycles. The van der Waals surface area contributed by atoms with Crippen molar-refractivity contribution in [2.24, 2.45) is 0 Å². The van der Waals surface area contributed by atoms with Crippen LogP contribution in [0.5, 0.6) is 0 Å². The third-order valence-electron chi connectivity index (χ3n) is 1.69. The molecule has 0 saturated carbocycles. The van der Waals surface area contributed by atoms with E-state index in [2.05, 4.69) is 29.9 Å². The smallest absolute Gasteiger partial charge is 0 e. The molecule has 0 spiro atoms. The van der Waals surface area contributed by atoms with Gasteiger partial charge in [0.2, 0.25) is 0 Å². The Kier molecular flexibility index (Phi) is 47.1. The van der Waals surface area contributed by atoms with Gasteiger partial charge in [-0.15, -0.1) is 0 Å². The molecule has 22 heavy (non-hydrogen) atoms. The van der Waals surface area contributed by atoms with Crippen LogP contribution < -0.4 is 17.0 Å². The van der Waals surface area contributed by atoms with Crippen molar-refractivity contribution in [1.29, 1.82) is 0 Å². The molecule has 2 heterocycles. The molecule has 7 heteroatoms. The third-order valence-corrected chi connectivity index (χ3v) is 1.69. The van der Waals surface area contributed by atoms with Crippen molar-refractivity contribution < 1.29 is 51.4 Å². The van der Waals surface area contributed by atoms with E-state index < -0.39 is 0 Å². The van der Waals surface area contributed by atoms with Gasteiger partial charge in [-0.05, 0) is 49.2 Å². The molecular formula is C15H14BrN2O3Re-. The van der Waals surface area contributed by atoms with E-state index in [4.69, 9.17) is 14.0 Å². The molecule has 2 rings (SSSR count). The van der Waals surface area contributed by atoms with Crippen LogP contribution in [-0.2, 0) is 34.4 Å². The number of halogens is 1. The van der Waals surface area contributed by atoms with Crippen LogP contribution in [-0.4, -0.2) is 9.97 Å². The molecule has 0 bridgehead atoms. The predicted molar refractivity (Wildman–Crippen MR) is 69.7 cm³/mol. The van der Waals surface area contributed by atoms with E-state index in [0.29, 0.717) is 0 Å². The van der Waals surface area contributed by atoms with Crippen molar-refractivity contribution in [3.8, 4) is 0 Å². The van der Waals surface area contributed by atoms with Gasteiger partial charge in [0.25, 0.3) is 0 Å². The Hall–Kier alpha value is -1.34. The van der Waals surface area contributed by atoms with E-state index in [9.17, 15) is 0 Å². The molecule has 1 radical (unpaired) electrons. The number of hydrogen-bond acceptors (Lipinski definition) is 2. The zero-order valence-corrected chi connectivity index (χ0v) is 16.3. The molecule has 0 aliphatic heterocycles. The Balaban J connectivity index is -0.0000000614. The van der Waals surface area contributed by atoms with Crippen LogP contribution in [0.2, 0.25) is 0 Å². The van der Waals surface area contributed by atoms with E-state index in [1.165, 1.54) is 11.1 Å². The summed E-state index contributed by atoms with van der Waals surface area (Å²) in [5.41, 5.74) is 2.52. The maximum atomic E-state index is 7.50. The van der Waals surface area contributed by atoms with Crippen LogP contribution in [0.4, 0.5) is 0 Å². The minimum Gasteiger partial charge on any atom is 0 e. The summed E-state index contributed by atoms with van der Waals surface area (Å²) in [6, 6.07) is 7.89. The van der Waals surface area contributed by atoms with Crippen LogP contribution in [0.3, 0.4) is 0 Å². The molecular weight excluding hydrogens is 522 g/mol. The van der Waals surface area contributed by atoms with Gasteiger partial charge in [0.15, 0.2) is 0 Å². The molecule has 2 aromatic rings. The average molecular weight is 536 g/mol. The fourth-order valence-corrected chi connectivity index (χ4v) is 0.853. The normalized spacial score (nSPS) is 5.82. The maximum Gasteiger partial charge on any atom is 0 e. The fraction of sp³-hybridized carbons (Fsp3) is 0.133. The van der Waals surface area contributed by atoms with E-state index in [1.54, 1.807) is 24.8 Å². The van der Waals surface area contributed by atoms with Crippen LogP contribution >= 0.6 is 0 Å². The zero-order valence-electron chi connectivity index (χ0n) is 12.0. The van der Waals surface area contributed by atoms with Gasteiger partial charge in [0.1, 0.15) is 0 Å². The molecule has 0 unspecified atom stereocenters. The first-order valence-electron chi connectivity index (χ1n) is 5.13. The van der Waals surface area contributed by atoms with Crippen molar-refractivity contribution in [3.63, 3.8) is 0 Å². The third kappa shape index (κ3) is 27.1. The number of rotatable bonds is 0. The topological polar surface area (TPSA) is 85.5 Å². The van der Waals surface area contributed by atoms with E-state index in [-0.39, 0.29) is 37.4 Å². The van der Waals surface area contributed by atoms with Crippen molar-refractivity contribution >= 4 is 0 Å². The Bertz CT molecular complexity index is 425. The molecule has 0 atom stereocenters. The summed E-state index contributed by atoms with van der Waals surface area (Å²) in [7, 11) is 0. The molecule has 5 nitrogen and oxygen atoms in total. The standard InChI is InChI=1S/2C6H7N.3CO.BrH.Re/c2*1-6-2-4-7-5-3-6;3*1-2;;/h2*2-5H,1H3;;;;1H;/p-1. The summed E-state index contributed by atoms with van der Waals surface area (Å²) in [6.45, 7) is 17.6. The maximum absolute atomic E-state index is 7.50. The number of aromatic nitrogens is 2. The van der Waals surface area contributed by atoms with Crippen LogP contribution in [0.25, 0.3) is 0 Å². The monoisotopic (exact) mass is 536 g/mol. The Morgan fingerprint density at radius 3 is 0.909 bits per heavy atom. The van der Waals surface area contributed by atoms with Gasteiger partial charge in [0, 0.05) is 45.2 Å². The van der Waals surface area contributed by atoms with Gasteiger partial charge < -0.3 is 17.0 Å². The Labute approximate surface area is 155 Å². The summed E-state index contributed by atoms with van der Waals surface area (Å²) in [4.78, 5) is 7.69. The minimum absolute atomic E-state index is 0. The number of pyridine rings is 2. The van der Waals surface area contributed by atoms with Crippen LogP contribution in [0, 0.1) is 33.8 Å². The van der Waals surface area contributed by atoms with Gasteiger partial charge in [0.05, 0.1) is 0 Å². The molecule has 0 N–H and O–H groups in total. The van der Waals surface area contributed by atoms with E-state index in [0.717, 1.165) is 0 Å². The van der Waals surface area contributed by atoms with Crippen LogP contribution in [0.15, 0.2) is 49.1 Å². The average Bonchev–Trinajstić information content (AvgIpc) is 2.55. The van der Waals surface area contributed by atoms with Gasteiger partial charge in [-0.25, -0.2) is 0 Å². The van der Waals surface area contributed by atoms with Gasteiger partial charge >= 0.3 is 33.9 Å². The first kappa shape index (κ1) is 32.6. The fourth-order valence-electron chi connectivity index (χ4n) is 0.853. The van der Waals surface area contributed by atoms with Gasteiger partial charge in [-0.3, -0.25) is 9.97 Å². The van der Waals surface area contributed by atoms with Gasteiger partial charge in [-0.2, -0.15) is 0 Å². The number of hydrogen-bond donors (Lipinski definition) is 0. The molecule has 0 aromatic carbocycles. The van der Waals surface area contributed by atoms with E-state index in [1.807, 2.05) is 38.1 Å².